The van der Waals surface area contributed by atoms with E-state index in [0.29, 0.717) is 5.56 Å². The summed E-state index contributed by atoms with van der Waals surface area (Å²) in [6.07, 6.45) is -2.61. The minimum atomic E-state index is -4.66. The summed E-state index contributed by atoms with van der Waals surface area (Å²) in [6, 6.07) is 10.7. The van der Waals surface area contributed by atoms with Gasteiger partial charge < -0.3 is 10.1 Å². The third-order valence-corrected chi connectivity index (χ3v) is 6.57. The number of benzene rings is 2. The predicted octanol–water partition coefficient (Wildman–Crippen LogP) is 4.66. The molecule has 13 heteroatoms. The molecule has 3 aromatic rings. The molecule has 3 rings (SSSR count). The molecule has 0 atom stereocenters. The molecule has 0 aliphatic rings. The van der Waals surface area contributed by atoms with E-state index >= 15 is 0 Å². The van der Waals surface area contributed by atoms with Gasteiger partial charge in [0.05, 0.1) is 28.5 Å². The number of esters is 1. The topological polar surface area (TPSA) is 122 Å². The molecular formula is C22H19F3N4O4S2. The lowest BCUT2D eigenvalue weighted by Crippen LogP contribution is -2.16. The largest absolute Gasteiger partial charge is 0.461 e. The number of halogens is 3. The van der Waals surface area contributed by atoms with Gasteiger partial charge in [0, 0.05) is 11.8 Å². The number of aromatic nitrogens is 2. The van der Waals surface area contributed by atoms with Crippen LogP contribution in [0.2, 0.25) is 0 Å². The van der Waals surface area contributed by atoms with Crippen molar-refractivity contribution in [1.82, 2.24) is 10.2 Å². The lowest BCUT2D eigenvalue weighted by molar-refractivity contribution is -0.137. The quantitative estimate of drug-likeness (QED) is 0.325. The first-order valence-corrected chi connectivity index (χ1v) is 12.7. The van der Waals surface area contributed by atoms with Gasteiger partial charge in [-0.25, -0.2) is 13.2 Å². The standard InChI is InChI=1S/C22H19F3N4O4S2/c1-3-33-21(30)16(26)12-18(27-17-10-5-4-9-15(17)22(23,24)25)20-29-28-19(34-20)13-7-6-8-14(11-13)35(2,31)32/h4-12,26-27H,3H2,1-2H3/b18-12-,26-16?. The van der Waals surface area contributed by atoms with Crippen LogP contribution in [0, 0.1) is 5.41 Å². The van der Waals surface area contributed by atoms with E-state index in [0.717, 1.165) is 29.7 Å². The van der Waals surface area contributed by atoms with Gasteiger partial charge in [-0.15, -0.1) is 10.2 Å². The first-order valence-electron chi connectivity index (χ1n) is 9.95. The molecule has 35 heavy (non-hydrogen) atoms. The fraction of sp³-hybridized carbons (Fsp3) is 0.182. The molecule has 0 saturated heterocycles. The van der Waals surface area contributed by atoms with E-state index in [4.69, 9.17) is 10.1 Å². The van der Waals surface area contributed by atoms with Gasteiger partial charge in [-0.2, -0.15) is 13.2 Å². The van der Waals surface area contributed by atoms with Crippen LogP contribution in [0.3, 0.4) is 0 Å². The number of nitrogens with zero attached hydrogens (tertiary/aromatic N) is 2. The molecule has 0 saturated carbocycles. The number of alkyl halides is 3. The summed E-state index contributed by atoms with van der Waals surface area (Å²) in [5.74, 6) is -0.971. The van der Waals surface area contributed by atoms with Crippen molar-refractivity contribution >= 4 is 44.2 Å². The Kier molecular flexibility index (Phi) is 7.70. The number of ether oxygens (including phenoxy) is 1. The maximum absolute atomic E-state index is 13.5. The molecule has 0 unspecified atom stereocenters. The van der Waals surface area contributed by atoms with Crippen molar-refractivity contribution in [2.75, 3.05) is 18.2 Å². The van der Waals surface area contributed by atoms with Crippen LogP contribution in [0.4, 0.5) is 18.9 Å². The average molecular weight is 525 g/mol. The number of para-hydroxylation sites is 1. The number of sulfone groups is 1. The number of anilines is 1. The smallest absolute Gasteiger partial charge is 0.418 e. The van der Waals surface area contributed by atoms with Crippen molar-refractivity contribution in [3.8, 4) is 10.6 Å². The zero-order valence-corrected chi connectivity index (χ0v) is 20.0. The van der Waals surface area contributed by atoms with Gasteiger partial charge in [-0.1, -0.05) is 35.6 Å². The molecule has 0 radical (unpaired) electrons. The van der Waals surface area contributed by atoms with Crippen LogP contribution in [0.15, 0.2) is 59.5 Å². The summed E-state index contributed by atoms with van der Waals surface area (Å²) in [5, 5.41) is 18.9. The molecule has 8 nitrogen and oxygen atoms in total. The minimum absolute atomic E-state index is 0.00829. The summed E-state index contributed by atoms with van der Waals surface area (Å²) in [6.45, 7) is 1.56. The molecular weight excluding hydrogens is 505 g/mol. The molecule has 0 fully saturated rings. The van der Waals surface area contributed by atoms with E-state index < -0.39 is 33.3 Å². The van der Waals surface area contributed by atoms with Crippen LogP contribution in [-0.2, 0) is 25.5 Å². The SMILES string of the molecule is CCOC(=O)C(=N)/C=C(\Nc1ccccc1C(F)(F)F)c1nnc(-c2cccc(S(C)(=O)=O)c2)s1. The second kappa shape index (κ2) is 10.4. The first-order chi connectivity index (χ1) is 16.4. The zero-order valence-electron chi connectivity index (χ0n) is 18.4. The Morgan fingerprint density at radius 3 is 2.54 bits per heavy atom. The molecule has 0 aliphatic heterocycles. The highest BCUT2D eigenvalue weighted by Crippen LogP contribution is 2.37. The van der Waals surface area contributed by atoms with Gasteiger partial charge in [0.1, 0.15) is 10.7 Å². The van der Waals surface area contributed by atoms with E-state index in [1.54, 1.807) is 13.0 Å². The van der Waals surface area contributed by atoms with Crippen molar-refractivity contribution in [2.24, 2.45) is 0 Å². The Morgan fingerprint density at radius 2 is 1.89 bits per heavy atom. The number of carbonyl (C=O) groups is 1. The number of hydrogen-bond acceptors (Lipinski definition) is 9. The van der Waals surface area contributed by atoms with Gasteiger partial charge >= 0.3 is 12.1 Å². The van der Waals surface area contributed by atoms with Crippen LogP contribution in [0.5, 0.6) is 0 Å². The van der Waals surface area contributed by atoms with Gasteiger partial charge in [0.25, 0.3) is 0 Å². The number of carbonyl (C=O) groups excluding carboxylic acids is 1. The van der Waals surface area contributed by atoms with Gasteiger partial charge in [-0.05, 0) is 37.3 Å². The normalized spacial score (nSPS) is 12.3. The molecule has 2 N–H and O–H groups in total. The Morgan fingerprint density at radius 1 is 1.17 bits per heavy atom. The lowest BCUT2D eigenvalue weighted by Gasteiger charge is -2.15. The Labute approximate surface area is 202 Å². The van der Waals surface area contributed by atoms with Crippen LogP contribution < -0.4 is 5.32 Å². The van der Waals surface area contributed by atoms with E-state index in [-0.39, 0.29) is 32.9 Å². The maximum Gasteiger partial charge on any atom is 0.418 e. The van der Waals surface area contributed by atoms with E-state index in [2.05, 4.69) is 15.5 Å². The molecule has 0 bridgehead atoms. The highest BCUT2D eigenvalue weighted by atomic mass is 32.2. The van der Waals surface area contributed by atoms with Crippen LogP contribution in [0.1, 0.15) is 17.5 Å². The fourth-order valence-electron chi connectivity index (χ4n) is 2.86. The highest BCUT2D eigenvalue weighted by Gasteiger charge is 2.33. The van der Waals surface area contributed by atoms with Crippen molar-refractivity contribution < 1.29 is 31.1 Å². The third-order valence-electron chi connectivity index (χ3n) is 4.45. The molecule has 0 amide bonds. The van der Waals surface area contributed by atoms with Crippen molar-refractivity contribution in [2.45, 2.75) is 18.0 Å². The van der Waals surface area contributed by atoms with Crippen LogP contribution in [0.25, 0.3) is 16.3 Å². The Hall–Kier alpha value is -3.58. The highest BCUT2D eigenvalue weighted by molar-refractivity contribution is 7.90. The molecule has 0 aliphatic carbocycles. The number of rotatable bonds is 8. The molecule has 0 spiro atoms. The Bertz CT molecular complexity index is 1400. The molecule has 184 valence electrons. The summed E-state index contributed by atoms with van der Waals surface area (Å²) in [4.78, 5) is 12.0. The molecule has 1 aromatic heterocycles. The summed E-state index contributed by atoms with van der Waals surface area (Å²) in [7, 11) is -3.49. The third kappa shape index (κ3) is 6.51. The molecule has 1 heterocycles. The van der Waals surface area contributed by atoms with Gasteiger partial charge in [0.15, 0.2) is 14.8 Å². The van der Waals surface area contributed by atoms with E-state index in [1.165, 1.54) is 36.4 Å². The van der Waals surface area contributed by atoms with Crippen molar-refractivity contribution in [3.05, 3.63) is 65.2 Å². The number of nitrogens with one attached hydrogen (secondary N) is 2. The second-order valence-corrected chi connectivity index (χ2v) is 10.1. The first kappa shape index (κ1) is 26.0. The van der Waals surface area contributed by atoms with Gasteiger partial charge in [0.2, 0.25) is 0 Å². The zero-order chi connectivity index (χ0) is 25.8. The molecule has 2 aromatic carbocycles. The minimum Gasteiger partial charge on any atom is -0.461 e. The van der Waals surface area contributed by atoms with Crippen LogP contribution >= 0.6 is 11.3 Å². The van der Waals surface area contributed by atoms with Gasteiger partial charge in [-0.3, -0.25) is 5.41 Å². The van der Waals surface area contributed by atoms with Crippen LogP contribution in [-0.4, -0.2) is 43.2 Å². The number of hydrogen-bond donors (Lipinski definition) is 2. The summed E-state index contributed by atoms with van der Waals surface area (Å²) >= 11 is 0.935. The van der Waals surface area contributed by atoms with E-state index in [9.17, 15) is 26.4 Å². The summed E-state index contributed by atoms with van der Waals surface area (Å²) in [5.41, 5.74) is -1.57. The van der Waals surface area contributed by atoms with E-state index in [1.807, 2.05) is 0 Å². The predicted molar refractivity (Wildman–Crippen MR) is 126 cm³/mol. The lowest BCUT2D eigenvalue weighted by atomic mass is 10.1. The summed E-state index contributed by atoms with van der Waals surface area (Å²) < 4.78 is 69.0. The van der Waals surface area contributed by atoms with Crippen molar-refractivity contribution in [3.63, 3.8) is 0 Å². The average Bonchev–Trinajstić information content (AvgIpc) is 3.28. The second-order valence-electron chi connectivity index (χ2n) is 7.07. The fourth-order valence-corrected chi connectivity index (χ4v) is 4.33. The maximum atomic E-state index is 13.5. The monoisotopic (exact) mass is 524 g/mol. The Balaban J connectivity index is 2.06. The van der Waals surface area contributed by atoms with Crippen molar-refractivity contribution in [1.29, 1.82) is 5.41 Å².